The lowest BCUT2D eigenvalue weighted by Crippen LogP contribution is -2.19. The third-order valence-corrected chi connectivity index (χ3v) is 1.97. The van der Waals surface area contributed by atoms with Crippen LogP contribution in [0.4, 0.5) is 13.2 Å². The molecule has 0 aliphatic carbocycles. The average Bonchev–Trinajstić information content (AvgIpc) is 2.30. The van der Waals surface area contributed by atoms with Gasteiger partial charge in [0.1, 0.15) is 19.0 Å². The number of alkyl halides is 3. The van der Waals surface area contributed by atoms with E-state index in [1.54, 1.807) is 24.3 Å². The third-order valence-electron chi connectivity index (χ3n) is 1.97. The number of nitrogens with zero attached hydrogens (tertiary/aromatic N) is 1. The molecule has 0 atom stereocenters. The predicted octanol–water partition coefficient (Wildman–Crippen LogP) is 2.71. The van der Waals surface area contributed by atoms with Crippen molar-refractivity contribution in [3.05, 3.63) is 29.8 Å². The van der Waals surface area contributed by atoms with Crippen LogP contribution in [0.5, 0.6) is 5.75 Å². The Labute approximate surface area is 103 Å². The van der Waals surface area contributed by atoms with E-state index in [2.05, 4.69) is 4.74 Å². The van der Waals surface area contributed by atoms with E-state index in [0.29, 0.717) is 12.2 Å². The van der Waals surface area contributed by atoms with Gasteiger partial charge in [0.25, 0.3) is 0 Å². The van der Waals surface area contributed by atoms with Crippen molar-refractivity contribution < 1.29 is 22.6 Å². The van der Waals surface area contributed by atoms with Gasteiger partial charge in [-0.2, -0.15) is 18.4 Å². The Bertz CT molecular complexity index is 395. The molecule has 0 radical (unpaired) electrons. The molecule has 1 aromatic rings. The Morgan fingerprint density at radius 3 is 2.33 bits per heavy atom. The lowest BCUT2D eigenvalue weighted by molar-refractivity contribution is -0.175. The van der Waals surface area contributed by atoms with E-state index in [4.69, 9.17) is 10.00 Å². The molecule has 18 heavy (non-hydrogen) atoms. The fourth-order valence-corrected chi connectivity index (χ4v) is 1.20. The molecule has 0 bridgehead atoms. The zero-order valence-electron chi connectivity index (χ0n) is 9.54. The molecule has 1 aromatic carbocycles. The molecule has 0 spiro atoms. The zero-order chi connectivity index (χ0) is 13.4. The van der Waals surface area contributed by atoms with E-state index >= 15 is 0 Å². The number of hydrogen-bond acceptors (Lipinski definition) is 3. The SMILES string of the molecule is N#CCc1ccc(OCCOCC(F)(F)F)cc1. The van der Waals surface area contributed by atoms with E-state index in [0.717, 1.165) is 5.56 Å². The second kappa shape index (κ2) is 6.87. The summed E-state index contributed by atoms with van der Waals surface area (Å²) in [5, 5.41) is 8.47. The smallest absolute Gasteiger partial charge is 0.411 e. The largest absolute Gasteiger partial charge is 0.491 e. The van der Waals surface area contributed by atoms with Crippen molar-refractivity contribution >= 4 is 0 Å². The van der Waals surface area contributed by atoms with Gasteiger partial charge in [-0.05, 0) is 17.7 Å². The second-order valence-electron chi connectivity index (χ2n) is 3.50. The Hall–Kier alpha value is -1.74. The first-order valence-corrected chi connectivity index (χ1v) is 5.24. The summed E-state index contributed by atoms with van der Waals surface area (Å²) in [5.74, 6) is 0.535. The molecule has 0 amide bonds. The maximum Gasteiger partial charge on any atom is 0.411 e. The topological polar surface area (TPSA) is 42.2 Å². The van der Waals surface area contributed by atoms with E-state index in [-0.39, 0.29) is 13.2 Å². The molecule has 3 nitrogen and oxygen atoms in total. The first kappa shape index (κ1) is 14.3. The van der Waals surface area contributed by atoms with Crippen LogP contribution in [0.15, 0.2) is 24.3 Å². The summed E-state index contributed by atoms with van der Waals surface area (Å²) in [6.45, 7) is -1.34. The average molecular weight is 259 g/mol. The van der Waals surface area contributed by atoms with Crippen molar-refractivity contribution in [3.8, 4) is 11.8 Å². The van der Waals surface area contributed by atoms with E-state index in [9.17, 15) is 13.2 Å². The van der Waals surface area contributed by atoms with Crippen LogP contribution in [0.3, 0.4) is 0 Å². The van der Waals surface area contributed by atoms with Crippen LogP contribution in [0.2, 0.25) is 0 Å². The van der Waals surface area contributed by atoms with Crippen LogP contribution in [-0.4, -0.2) is 26.0 Å². The van der Waals surface area contributed by atoms with Gasteiger partial charge in [-0.1, -0.05) is 12.1 Å². The molecule has 0 aliphatic heterocycles. The van der Waals surface area contributed by atoms with Crippen molar-refractivity contribution in [2.45, 2.75) is 12.6 Å². The number of ether oxygens (including phenoxy) is 2. The minimum atomic E-state index is -4.31. The number of benzene rings is 1. The van der Waals surface area contributed by atoms with E-state index in [1.165, 1.54) is 0 Å². The Balaban J connectivity index is 2.22. The van der Waals surface area contributed by atoms with E-state index in [1.807, 2.05) is 6.07 Å². The van der Waals surface area contributed by atoms with Gasteiger partial charge in [0.05, 0.1) is 19.1 Å². The Morgan fingerprint density at radius 1 is 1.11 bits per heavy atom. The number of nitriles is 1. The standard InChI is InChI=1S/C12H12F3NO2/c13-12(14,15)9-17-7-8-18-11-3-1-10(2-4-11)5-6-16/h1-4H,5,7-9H2. The highest BCUT2D eigenvalue weighted by Gasteiger charge is 2.27. The van der Waals surface area contributed by atoms with Gasteiger partial charge in [-0.3, -0.25) is 0 Å². The van der Waals surface area contributed by atoms with Gasteiger partial charge < -0.3 is 9.47 Å². The molecule has 0 fully saturated rings. The van der Waals surface area contributed by atoms with Crippen molar-refractivity contribution in [2.75, 3.05) is 19.8 Å². The van der Waals surface area contributed by atoms with Gasteiger partial charge in [0.15, 0.2) is 0 Å². The molecule has 0 heterocycles. The molecular formula is C12H12F3NO2. The molecule has 0 N–H and O–H groups in total. The van der Waals surface area contributed by atoms with Crippen molar-refractivity contribution in [1.82, 2.24) is 0 Å². The molecular weight excluding hydrogens is 247 g/mol. The number of halogens is 3. The molecule has 0 saturated carbocycles. The molecule has 6 heteroatoms. The fraction of sp³-hybridized carbons (Fsp3) is 0.417. The van der Waals surface area contributed by atoms with Gasteiger partial charge in [0.2, 0.25) is 0 Å². The van der Waals surface area contributed by atoms with E-state index < -0.39 is 12.8 Å². The van der Waals surface area contributed by atoms with Crippen molar-refractivity contribution in [1.29, 1.82) is 5.26 Å². The van der Waals surface area contributed by atoms with Gasteiger partial charge in [-0.25, -0.2) is 0 Å². The first-order valence-electron chi connectivity index (χ1n) is 5.24. The quantitative estimate of drug-likeness (QED) is 0.738. The van der Waals surface area contributed by atoms with Crippen LogP contribution >= 0.6 is 0 Å². The summed E-state index contributed by atoms with van der Waals surface area (Å²) in [6.07, 6.45) is -3.99. The van der Waals surface area contributed by atoms with Crippen LogP contribution < -0.4 is 4.74 Å². The summed E-state index contributed by atoms with van der Waals surface area (Å²) in [4.78, 5) is 0. The first-order chi connectivity index (χ1) is 8.51. The molecule has 0 unspecified atom stereocenters. The highest BCUT2D eigenvalue weighted by molar-refractivity contribution is 5.28. The van der Waals surface area contributed by atoms with Gasteiger partial charge >= 0.3 is 6.18 Å². The summed E-state index contributed by atoms with van der Waals surface area (Å²) in [6, 6.07) is 8.80. The van der Waals surface area contributed by atoms with Crippen LogP contribution in [-0.2, 0) is 11.2 Å². The Kier molecular flexibility index (Phi) is 5.46. The highest BCUT2D eigenvalue weighted by atomic mass is 19.4. The zero-order valence-corrected chi connectivity index (χ0v) is 9.54. The molecule has 0 saturated heterocycles. The van der Waals surface area contributed by atoms with Crippen molar-refractivity contribution in [2.24, 2.45) is 0 Å². The summed E-state index contributed by atoms with van der Waals surface area (Å²) in [5.41, 5.74) is 0.859. The molecule has 0 aliphatic rings. The third kappa shape index (κ3) is 6.11. The lowest BCUT2D eigenvalue weighted by atomic mass is 10.2. The van der Waals surface area contributed by atoms with Crippen LogP contribution in [0.25, 0.3) is 0 Å². The number of rotatable bonds is 6. The lowest BCUT2D eigenvalue weighted by Gasteiger charge is -2.09. The molecule has 0 aromatic heterocycles. The minimum Gasteiger partial charge on any atom is -0.491 e. The maximum absolute atomic E-state index is 11.7. The summed E-state index contributed by atoms with van der Waals surface area (Å²) in [7, 11) is 0. The van der Waals surface area contributed by atoms with Gasteiger partial charge in [0, 0.05) is 0 Å². The highest BCUT2D eigenvalue weighted by Crippen LogP contribution is 2.15. The normalized spacial score (nSPS) is 11.0. The predicted molar refractivity (Wildman–Crippen MR) is 58.1 cm³/mol. The maximum atomic E-state index is 11.7. The Morgan fingerprint density at radius 2 is 1.78 bits per heavy atom. The van der Waals surface area contributed by atoms with Gasteiger partial charge in [-0.15, -0.1) is 0 Å². The monoisotopic (exact) mass is 259 g/mol. The second-order valence-corrected chi connectivity index (χ2v) is 3.50. The number of hydrogen-bond donors (Lipinski definition) is 0. The summed E-state index contributed by atoms with van der Waals surface area (Å²) < 4.78 is 44.8. The summed E-state index contributed by atoms with van der Waals surface area (Å²) >= 11 is 0. The molecule has 1 rings (SSSR count). The minimum absolute atomic E-state index is 0.0493. The fourth-order valence-electron chi connectivity index (χ4n) is 1.20. The van der Waals surface area contributed by atoms with Crippen molar-refractivity contribution in [3.63, 3.8) is 0 Å². The molecule has 98 valence electrons. The van der Waals surface area contributed by atoms with Crippen LogP contribution in [0.1, 0.15) is 5.56 Å². The van der Waals surface area contributed by atoms with Crippen LogP contribution in [0, 0.1) is 11.3 Å².